The SMILES string of the molecule is COC(=O)CCCS(=O)(=O)N(C)Cc1ccccc1Cl. The molecule has 0 radical (unpaired) electrons. The van der Waals surface area contributed by atoms with Crippen molar-refractivity contribution >= 4 is 27.6 Å². The number of nitrogens with zero attached hydrogens (tertiary/aromatic N) is 1. The first-order chi connectivity index (χ1) is 9.36. The van der Waals surface area contributed by atoms with Crippen molar-refractivity contribution < 1.29 is 17.9 Å². The Labute approximate surface area is 124 Å². The molecule has 0 fully saturated rings. The maximum absolute atomic E-state index is 12.0. The zero-order chi connectivity index (χ0) is 15.2. The maximum Gasteiger partial charge on any atom is 0.305 e. The molecule has 0 aromatic heterocycles. The van der Waals surface area contributed by atoms with Crippen LogP contribution in [0.3, 0.4) is 0 Å². The second kappa shape index (κ2) is 7.61. The van der Waals surface area contributed by atoms with E-state index in [-0.39, 0.29) is 25.1 Å². The van der Waals surface area contributed by atoms with Gasteiger partial charge < -0.3 is 4.74 Å². The third kappa shape index (κ3) is 5.11. The molecule has 0 amide bonds. The molecule has 1 rings (SSSR count). The lowest BCUT2D eigenvalue weighted by atomic mass is 10.2. The molecule has 0 unspecified atom stereocenters. The number of sulfonamides is 1. The summed E-state index contributed by atoms with van der Waals surface area (Å²) in [5.74, 6) is -0.503. The molecule has 1 aromatic rings. The van der Waals surface area contributed by atoms with E-state index in [0.717, 1.165) is 5.56 Å². The first-order valence-electron chi connectivity index (χ1n) is 6.11. The van der Waals surface area contributed by atoms with E-state index in [0.29, 0.717) is 5.02 Å². The summed E-state index contributed by atoms with van der Waals surface area (Å²) in [7, 11) is -0.637. The molecule has 0 aliphatic rings. The highest BCUT2D eigenvalue weighted by Gasteiger charge is 2.19. The van der Waals surface area contributed by atoms with E-state index in [1.165, 1.54) is 18.5 Å². The second-order valence-electron chi connectivity index (χ2n) is 4.34. The highest BCUT2D eigenvalue weighted by Crippen LogP contribution is 2.18. The fourth-order valence-corrected chi connectivity index (χ4v) is 2.97. The van der Waals surface area contributed by atoms with Gasteiger partial charge in [0.1, 0.15) is 0 Å². The van der Waals surface area contributed by atoms with Crippen LogP contribution in [0.2, 0.25) is 5.02 Å². The van der Waals surface area contributed by atoms with Gasteiger partial charge in [-0.15, -0.1) is 0 Å². The van der Waals surface area contributed by atoms with Gasteiger partial charge in [0.2, 0.25) is 10.0 Å². The number of rotatable bonds is 7. The Morgan fingerprint density at radius 1 is 1.35 bits per heavy atom. The summed E-state index contributed by atoms with van der Waals surface area (Å²) in [6.07, 6.45) is 0.331. The molecule has 0 aliphatic heterocycles. The number of hydrogen-bond donors (Lipinski definition) is 0. The third-order valence-electron chi connectivity index (χ3n) is 2.84. The lowest BCUT2D eigenvalue weighted by Crippen LogP contribution is -2.29. The number of ether oxygens (including phenoxy) is 1. The van der Waals surface area contributed by atoms with Crippen molar-refractivity contribution in [3.63, 3.8) is 0 Å². The minimum absolute atomic E-state index is 0.0929. The predicted molar refractivity (Wildman–Crippen MR) is 78.0 cm³/mol. The van der Waals surface area contributed by atoms with Crippen LogP contribution in [-0.2, 0) is 26.1 Å². The van der Waals surface area contributed by atoms with Crippen molar-refractivity contribution in [3.05, 3.63) is 34.9 Å². The van der Waals surface area contributed by atoms with Crippen molar-refractivity contribution in [1.82, 2.24) is 4.31 Å². The van der Waals surface area contributed by atoms with Gasteiger partial charge in [-0.05, 0) is 18.1 Å². The highest BCUT2D eigenvalue weighted by molar-refractivity contribution is 7.89. The van der Waals surface area contributed by atoms with Crippen molar-refractivity contribution in [2.24, 2.45) is 0 Å². The maximum atomic E-state index is 12.0. The van der Waals surface area contributed by atoms with Crippen LogP contribution in [0.1, 0.15) is 18.4 Å². The van der Waals surface area contributed by atoms with Gasteiger partial charge in [-0.2, -0.15) is 0 Å². The van der Waals surface area contributed by atoms with Gasteiger partial charge in [-0.3, -0.25) is 4.79 Å². The zero-order valence-electron chi connectivity index (χ0n) is 11.5. The van der Waals surface area contributed by atoms with E-state index in [1.807, 2.05) is 0 Å². The highest BCUT2D eigenvalue weighted by atomic mass is 35.5. The van der Waals surface area contributed by atoms with Crippen LogP contribution in [0.5, 0.6) is 0 Å². The van der Waals surface area contributed by atoms with Crippen molar-refractivity contribution in [1.29, 1.82) is 0 Å². The van der Waals surface area contributed by atoms with Crippen LogP contribution in [0.4, 0.5) is 0 Å². The van der Waals surface area contributed by atoms with Gasteiger partial charge in [0.25, 0.3) is 0 Å². The van der Waals surface area contributed by atoms with Crippen molar-refractivity contribution in [2.45, 2.75) is 19.4 Å². The summed E-state index contributed by atoms with van der Waals surface area (Å²) >= 11 is 6.00. The molecule has 0 aliphatic carbocycles. The molecule has 5 nitrogen and oxygen atoms in total. The van der Waals surface area contributed by atoms with Gasteiger partial charge in [-0.1, -0.05) is 29.8 Å². The van der Waals surface area contributed by atoms with E-state index in [2.05, 4.69) is 4.74 Å². The molecular formula is C13H18ClNO4S. The molecular weight excluding hydrogens is 302 g/mol. The average Bonchev–Trinajstić information content (AvgIpc) is 2.40. The summed E-state index contributed by atoms with van der Waals surface area (Å²) in [5, 5.41) is 0.532. The fourth-order valence-electron chi connectivity index (χ4n) is 1.62. The molecule has 0 N–H and O–H groups in total. The Kier molecular flexibility index (Phi) is 6.45. The summed E-state index contributed by atoms with van der Waals surface area (Å²) in [6, 6.07) is 7.09. The monoisotopic (exact) mass is 319 g/mol. The van der Waals surface area contributed by atoms with E-state index >= 15 is 0 Å². The molecule has 7 heteroatoms. The molecule has 0 saturated carbocycles. The van der Waals surface area contributed by atoms with E-state index in [4.69, 9.17) is 11.6 Å². The number of halogens is 1. The minimum Gasteiger partial charge on any atom is -0.469 e. The first-order valence-corrected chi connectivity index (χ1v) is 8.10. The van der Waals surface area contributed by atoms with Gasteiger partial charge in [0.05, 0.1) is 12.9 Å². The summed E-state index contributed by atoms with van der Waals surface area (Å²) in [6.45, 7) is 0.209. The van der Waals surface area contributed by atoms with Crippen LogP contribution in [0, 0.1) is 0 Å². The van der Waals surface area contributed by atoms with Gasteiger partial charge in [-0.25, -0.2) is 12.7 Å². The minimum atomic E-state index is -3.41. The number of carbonyl (C=O) groups excluding carboxylic acids is 1. The molecule has 112 valence electrons. The second-order valence-corrected chi connectivity index (χ2v) is 6.95. The normalized spacial score (nSPS) is 11.6. The Morgan fingerprint density at radius 3 is 2.60 bits per heavy atom. The summed E-state index contributed by atoms with van der Waals surface area (Å²) in [4.78, 5) is 11.0. The van der Waals surface area contributed by atoms with E-state index in [9.17, 15) is 13.2 Å². The van der Waals surface area contributed by atoms with Crippen molar-refractivity contribution in [3.8, 4) is 0 Å². The number of methoxy groups -OCH3 is 1. The number of benzene rings is 1. The predicted octanol–water partition coefficient (Wildman–Crippen LogP) is 2.05. The number of carbonyl (C=O) groups is 1. The van der Waals surface area contributed by atoms with Crippen LogP contribution in [0.15, 0.2) is 24.3 Å². The lowest BCUT2D eigenvalue weighted by molar-refractivity contribution is -0.140. The van der Waals surface area contributed by atoms with Crippen LogP contribution in [-0.4, -0.2) is 38.6 Å². The molecule has 0 saturated heterocycles. The molecule has 0 bridgehead atoms. The molecule has 0 spiro atoms. The summed E-state index contributed by atoms with van der Waals surface area (Å²) < 4.78 is 29.8. The Bertz CT molecular complexity index is 559. The van der Waals surface area contributed by atoms with Gasteiger partial charge in [0, 0.05) is 25.0 Å². The molecule has 1 aromatic carbocycles. The van der Waals surface area contributed by atoms with E-state index in [1.54, 1.807) is 24.3 Å². The Hall–Kier alpha value is -1.11. The first kappa shape index (κ1) is 16.9. The van der Waals surface area contributed by atoms with Crippen LogP contribution in [0.25, 0.3) is 0 Å². The molecule has 20 heavy (non-hydrogen) atoms. The number of esters is 1. The largest absolute Gasteiger partial charge is 0.469 e. The Balaban J connectivity index is 2.59. The molecule has 0 heterocycles. The van der Waals surface area contributed by atoms with Gasteiger partial charge >= 0.3 is 5.97 Å². The van der Waals surface area contributed by atoms with Crippen LogP contribution < -0.4 is 0 Å². The zero-order valence-corrected chi connectivity index (χ0v) is 13.1. The standard InChI is InChI=1S/C13H18ClNO4S/c1-15(10-11-6-3-4-7-12(11)14)20(17,18)9-5-8-13(16)19-2/h3-4,6-7H,5,8-10H2,1-2H3. The van der Waals surface area contributed by atoms with Crippen molar-refractivity contribution in [2.75, 3.05) is 19.9 Å². The molecule has 0 atom stereocenters. The topological polar surface area (TPSA) is 63.7 Å². The number of hydrogen-bond acceptors (Lipinski definition) is 4. The smallest absolute Gasteiger partial charge is 0.305 e. The average molecular weight is 320 g/mol. The summed E-state index contributed by atoms with van der Waals surface area (Å²) in [5.41, 5.74) is 0.744. The fraction of sp³-hybridized carbons (Fsp3) is 0.462. The quantitative estimate of drug-likeness (QED) is 0.722. The van der Waals surface area contributed by atoms with E-state index < -0.39 is 16.0 Å². The lowest BCUT2D eigenvalue weighted by Gasteiger charge is -2.17. The Morgan fingerprint density at radius 2 is 2.00 bits per heavy atom. The van der Waals surface area contributed by atoms with Crippen LogP contribution >= 0.6 is 11.6 Å². The third-order valence-corrected chi connectivity index (χ3v) is 5.09. The van der Waals surface area contributed by atoms with Gasteiger partial charge in [0.15, 0.2) is 0 Å².